The zero-order valence-corrected chi connectivity index (χ0v) is 12.1. The van der Waals surface area contributed by atoms with Crippen LogP contribution in [0, 0.1) is 5.92 Å². The first-order chi connectivity index (χ1) is 10.3. The minimum Gasteiger partial charge on any atom is -0.355 e. The molecule has 112 valence electrons. The van der Waals surface area contributed by atoms with Crippen molar-refractivity contribution in [2.45, 2.75) is 36.9 Å². The first-order valence-electron chi connectivity index (χ1n) is 7.87. The third-order valence-electron chi connectivity index (χ3n) is 5.44. The smallest absolute Gasteiger partial charge is 0.230 e. The van der Waals surface area contributed by atoms with Gasteiger partial charge in [0, 0.05) is 19.4 Å². The predicted molar refractivity (Wildman–Crippen MR) is 77.7 cm³/mol. The molecule has 3 aliphatic rings. The van der Waals surface area contributed by atoms with E-state index in [1.165, 1.54) is 0 Å². The first kappa shape index (κ1) is 13.3. The van der Waals surface area contributed by atoms with Crippen LogP contribution < -0.4 is 5.32 Å². The van der Waals surface area contributed by atoms with Gasteiger partial charge in [-0.15, -0.1) is 0 Å². The molecular formula is C17H21NO3. The Labute approximate surface area is 124 Å². The van der Waals surface area contributed by atoms with E-state index in [2.05, 4.69) is 17.4 Å². The van der Waals surface area contributed by atoms with Crippen LogP contribution >= 0.6 is 0 Å². The predicted octanol–water partition coefficient (Wildman–Crippen LogP) is 1.99. The number of ether oxygens (including phenoxy) is 2. The highest BCUT2D eigenvalue weighted by Crippen LogP contribution is 2.52. The van der Waals surface area contributed by atoms with Crippen LogP contribution in [0.15, 0.2) is 30.3 Å². The van der Waals surface area contributed by atoms with Gasteiger partial charge in [-0.3, -0.25) is 4.79 Å². The van der Waals surface area contributed by atoms with Crippen molar-refractivity contribution >= 4 is 5.91 Å². The maximum atomic E-state index is 12.8. The summed E-state index contributed by atoms with van der Waals surface area (Å²) >= 11 is 0. The second-order valence-electron chi connectivity index (χ2n) is 6.39. The van der Waals surface area contributed by atoms with E-state index in [1.54, 1.807) is 0 Å². The monoisotopic (exact) mass is 287 g/mol. The molecule has 1 aliphatic carbocycles. The van der Waals surface area contributed by atoms with Crippen LogP contribution in [-0.4, -0.2) is 31.5 Å². The number of carbonyl (C=O) groups is 1. The van der Waals surface area contributed by atoms with Gasteiger partial charge in [0.1, 0.15) is 0 Å². The van der Waals surface area contributed by atoms with Crippen molar-refractivity contribution in [3.8, 4) is 0 Å². The van der Waals surface area contributed by atoms with Crippen molar-refractivity contribution in [1.82, 2.24) is 5.32 Å². The molecule has 0 bridgehead atoms. The summed E-state index contributed by atoms with van der Waals surface area (Å²) in [5, 5.41) is 3.08. The number of fused-ring (bicyclic) bond motifs is 1. The molecule has 1 amide bonds. The Morgan fingerprint density at radius 1 is 1.10 bits per heavy atom. The second kappa shape index (κ2) is 4.82. The van der Waals surface area contributed by atoms with Crippen LogP contribution in [0.2, 0.25) is 0 Å². The lowest BCUT2D eigenvalue weighted by Gasteiger charge is -2.50. The highest BCUT2D eigenvalue weighted by molar-refractivity contribution is 5.89. The molecule has 2 heterocycles. The van der Waals surface area contributed by atoms with Gasteiger partial charge in [-0.05, 0) is 24.3 Å². The van der Waals surface area contributed by atoms with Gasteiger partial charge in [-0.25, -0.2) is 0 Å². The molecule has 1 N–H and O–H groups in total. The summed E-state index contributed by atoms with van der Waals surface area (Å²) in [7, 11) is 0. The lowest BCUT2D eigenvalue weighted by atomic mass is 9.58. The zero-order chi connectivity index (χ0) is 14.3. The Balaban J connectivity index is 1.73. The highest BCUT2D eigenvalue weighted by atomic mass is 16.7. The summed E-state index contributed by atoms with van der Waals surface area (Å²) in [5.74, 6) is 0.0407. The quantitative estimate of drug-likeness (QED) is 0.859. The van der Waals surface area contributed by atoms with Gasteiger partial charge in [-0.2, -0.15) is 0 Å². The Bertz CT molecular complexity index is 538. The van der Waals surface area contributed by atoms with Crippen LogP contribution in [0.4, 0.5) is 0 Å². The molecule has 0 aromatic heterocycles. The Kier molecular flexibility index (Phi) is 3.05. The van der Waals surface area contributed by atoms with E-state index >= 15 is 0 Å². The van der Waals surface area contributed by atoms with Crippen molar-refractivity contribution in [3.05, 3.63) is 35.9 Å². The van der Waals surface area contributed by atoms with E-state index in [9.17, 15) is 4.79 Å². The molecule has 4 rings (SSSR count). The summed E-state index contributed by atoms with van der Waals surface area (Å²) in [6.45, 7) is 2.11. The van der Waals surface area contributed by atoms with Gasteiger partial charge >= 0.3 is 0 Å². The molecule has 2 aliphatic heterocycles. The molecular weight excluding hydrogens is 266 g/mol. The second-order valence-corrected chi connectivity index (χ2v) is 6.39. The maximum absolute atomic E-state index is 12.8. The normalized spacial score (nSPS) is 34.5. The SMILES string of the molecule is O=C1NCCC2CC3(CCC12c1ccccc1)OCCO3. The fourth-order valence-electron chi connectivity index (χ4n) is 4.41. The van der Waals surface area contributed by atoms with Gasteiger partial charge in [-0.1, -0.05) is 30.3 Å². The van der Waals surface area contributed by atoms with E-state index < -0.39 is 11.2 Å². The van der Waals surface area contributed by atoms with Gasteiger partial charge in [0.2, 0.25) is 5.91 Å². The number of rotatable bonds is 1. The number of piperidine rings is 1. The van der Waals surface area contributed by atoms with E-state index in [-0.39, 0.29) is 5.91 Å². The fraction of sp³-hybridized carbons (Fsp3) is 0.588. The molecule has 4 heteroatoms. The summed E-state index contributed by atoms with van der Waals surface area (Å²) in [5.41, 5.74) is 0.736. The number of carbonyl (C=O) groups excluding carboxylic acids is 1. The summed E-state index contributed by atoms with van der Waals surface area (Å²) in [6, 6.07) is 10.2. The molecule has 1 saturated carbocycles. The summed E-state index contributed by atoms with van der Waals surface area (Å²) in [4.78, 5) is 12.8. The minimum atomic E-state index is -0.430. The molecule has 0 radical (unpaired) electrons. The number of hydrogen-bond acceptors (Lipinski definition) is 3. The zero-order valence-electron chi connectivity index (χ0n) is 12.1. The molecule has 21 heavy (non-hydrogen) atoms. The van der Waals surface area contributed by atoms with Gasteiger partial charge in [0.15, 0.2) is 5.79 Å². The van der Waals surface area contributed by atoms with Crippen LogP contribution in [0.5, 0.6) is 0 Å². The Morgan fingerprint density at radius 3 is 2.62 bits per heavy atom. The van der Waals surface area contributed by atoms with Crippen LogP contribution in [-0.2, 0) is 19.7 Å². The Hall–Kier alpha value is -1.39. The number of nitrogens with one attached hydrogen (secondary N) is 1. The molecule has 2 unspecified atom stereocenters. The third kappa shape index (κ3) is 1.93. The highest BCUT2D eigenvalue weighted by Gasteiger charge is 2.57. The van der Waals surface area contributed by atoms with Crippen molar-refractivity contribution < 1.29 is 14.3 Å². The van der Waals surface area contributed by atoms with Crippen LogP contribution in [0.3, 0.4) is 0 Å². The summed E-state index contributed by atoms with van der Waals surface area (Å²) < 4.78 is 11.8. The van der Waals surface area contributed by atoms with E-state index in [1.807, 2.05) is 18.2 Å². The van der Waals surface area contributed by atoms with E-state index in [0.29, 0.717) is 19.1 Å². The van der Waals surface area contributed by atoms with Gasteiger partial charge < -0.3 is 14.8 Å². The Morgan fingerprint density at radius 2 is 1.86 bits per heavy atom. The topological polar surface area (TPSA) is 47.6 Å². The summed E-state index contributed by atoms with van der Waals surface area (Å²) in [6.07, 6.45) is 3.42. The first-order valence-corrected chi connectivity index (χ1v) is 7.87. The maximum Gasteiger partial charge on any atom is 0.230 e. The number of hydrogen-bond donors (Lipinski definition) is 1. The molecule has 4 nitrogen and oxygen atoms in total. The number of amides is 1. The standard InChI is InChI=1S/C17H21NO3/c19-15-17(13-4-2-1-3-5-13)8-7-16(20-10-11-21-16)12-14(17)6-9-18-15/h1-5,14H,6-12H2,(H,18,19). The van der Waals surface area contributed by atoms with E-state index in [0.717, 1.165) is 37.8 Å². The number of benzene rings is 1. The van der Waals surface area contributed by atoms with Gasteiger partial charge in [0.25, 0.3) is 0 Å². The largest absolute Gasteiger partial charge is 0.355 e. The lowest BCUT2D eigenvalue weighted by Crippen LogP contribution is -2.59. The van der Waals surface area contributed by atoms with Crippen LogP contribution in [0.1, 0.15) is 31.2 Å². The average Bonchev–Trinajstić information content (AvgIpc) is 2.97. The van der Waals surface area contributed by atoms with Crippen molar-refractivity contribution in [3.63, 3.8) is 0 Å². The van der Waals surface area contributed by atoms with Crippen LogP contribution in [0.25, 0.3) is 0 Å². The van der Waals surface area contributed by atoms with Gasteiger partial charge in [0.05, 0.1) is 18.6 Å². The molecule has 2 atom stereocenters. The molecule has 2 saturated heterocycles. The third-order valence-corrected chi connectivity index (χ3v) is 5.44. The fourth-order valence-corrected chi connectivity index (χ4v) is 4.41. The average molecular weight is 287 g/mol. The molecule has 3 fully saturated rings. The van der Waals surface area contributed by atoms with Crippen molar-refractivity contribution in [2.24, 2.45) is 5.92 Å². The molecule has 1 aromatic carbocycles. The molecule has 1 spiro atoms. The molecule has 1 aromatic rings. The minimum absolute atomic E-state index is 0.179. The van der Waals surface area contributed by atoms with E-state index in [4.69, 9.17) is 9.47 Å². The van der Waals surface area contributed by atoms with Crippen molar-refractivity contribution in [1.29, 1.82) is 0 Å². The lowest BCUT2D eigenvalue weighted by molar-refractivity contribution is -0.202. The van der Waals surface area contributed by atoms with Crippen molar-refractivity contribution in [2.75, 3.05) is 19.8 Å².